The first kappa shape index (κ1) is 16.6. The second-order valence-electron chi connectivity index (χ2n) is 4.82. The monoisotopic (exact) mass is 349 g/mol. The topological polar surface area (TPSA) is 107 Å². The second-order valence-corrected chi connectivity index (χ2v) is 8.72. The fourth-order valence-corrected chi connectivity index (χ4v) is 5.23. The number of fused-ring (bicyclic) bond motifs is 1. The van der Waals surface area contributed by atoms with Gasteiger partial charge in [0.25, 0.3) is 0 Å². The number of carbonyl (C=O) groups is 1. The van der Waals surface area contributed by atoms with Gasteiger partial charge in [-0.05, 0) is 6.07 Å². The van der Waals surface area contributed by atoms with Crippen molar-refractivity contribution in [2.45, 2.75) is 12.5 Å². The quantitative estimate of drug-likeness (QED) is 0.698. The van der Waals surface area contributed by atoms with E-state index >= 15 is 0 Å². The molecule has 0 aromatic heterocycles. The molecule has 1 heterocycles. The van der Waals surface area contributed by atoms with Crippen molar-refractivity contribution >= 4 is 31.7 Å². The van der Waals surface area contributed by atoms with Gasteiger partial charge >= 0.3 is 5.97 Å². The summed E-state index contributed by atoms with van der Waals surface area (Å²) < 4.78 is 57.7. The summed E-state index contributed by atoms with van der Waals surface area (Å²) in [7, 11) is -6.98. The van der Waals surface area contributed by atoms with Crippen molar-refractivity contribution in [1.29, 1.82) is 0 Å². The number of ether oxygens (including phenoxy) is 2. The van der Waals surface area contributed by atoms with Crippen LogP contribution in [-0.2, 0) is 36.0 Å². The highest BCUT2D eigenvalue weighted by molar-refractivity contribution is 8.09. The van der Waals surface area contributed by atoms with Gasteiger partial charge in [0.1, 0.15) is 11.4 Å². The van der Waals surface area contributed by atoms with E-state index in [1.54, 1.807) is 6.07 Å². The Hall–Kier alpha value is -1.81. The Morgan fingerprint density at radius 1 is 1.23 bits per heavy atom. The summed E-state index contributed by atoms with van der Waals surface area (Å²) in [6.45, 7) is 0. The molecule has 0 bridgehead atoms. The maximum absolute atomic E-state index is 11.8. The molecule has 1 aromatic rings. The van der Waals surface area contributed by atoms with Crippen LogP contribution in [0, 0.1) is 0 Å². The molecular formula is C12H15NO7S2. The fraction of sp³-hybridized carbons (Fsp3) is 0.417. The molecule has 1 aromatic carbocycles. The molecule has 0 fully saturated rings. The zero-order valence-electron chi connectivity index (χ0n) is 12.1. The van der Waals surface area contributed by atoms with E-state index in [1.807, 2.05) is 0 Å². The molecule has 0 unspecified atom stereocenters. The highest BCUT2D eigenvalue weighted by atomic mass is 32.3. The van der Waals surface area contributed by atoms with Crippen molar-refractivity contribution in [3.8, 4) is 5.75 Å². The lowest BCUT2D eigenvalue weighted by atomic mass is 10.1. The lowest BCUT2D eigenvalue weighted by Crippen LogP contribution is -2.35. The predicted octanol–water partition coefficient (Wildman–Crippen LogP) is -0.111. The van der Waals surface area contributed by atoms with Gasteiger partial charge in [0.15, 0.2) is 6.10 Å². The number of anilines is 1. The van der Waals surface area contributed by atoms with Gasteiger partial charge < -0.3 is 9.47 Å². The van der Waals surface area contributed by atoms with E-state index < -0.39 is 32.1 Å². The number of sulfonamides is 2. The Morgan fingerprint density at radius 2 is 1.82 bits per heavy atom. The normalized spacial score (nSPS) is 17.5. The smallest absolute Gasteiger partial charge is 0.347 e. The summed E-state index contributed by atoms with van der Waals surface area (Å²) in [5.41, 5.74) is 0.388. The van der Waals surface area contributed by atoms with Gasteiger partial charge in [-0.25, -0.2) is 21.6 Å². The number of para-hydroxylation sites is 1. The summed E-state index contributed by atoms with van der Waals surface area (Å²) in [6.07, 6.45) is 0.805. The molecule has 2 rings (SSSR count). The van der Waals surface area contributed by atoms with Crippen molar-refractivity contribution < 1.29 is 31.1 Å². The summed E-state index contributed by atoms with van der Waals surface area (Å²) in [5.74, 6) is -0.568. The first-order chi connectivity index (χ1) is 10.1. The predicted molar refractivity (Wildman–Crippen MR) is 78.7 cm³/mol. The molecule has 1 atom stereocenters. The van der Waals surface area contributed by atoms with Gasteiger partial charge in [-0.1, -0.05) is 12.1 Å². The highest BCUT2D eigenvalue weighted by Gasteiger charge is 2.37. The van der Waals surface area contributed by atoms with Gasteiger partial charge in [0, 0.05) is 12.0 Å². The zero-order chi connectivity index (χ0) is 16.7. The lowest BCUT2D eigenvalue weighted by Gasteiger charge is -2.21. The van der Waals surface area contributed by atoms with Crippen LogP contribution in [0.5, 0.6) is 5.75 Å². The largest absolute Gasteiger partial charge is 0.476 e. The number of hydrogen-bond acceptors (Lipinski definition) is 7. The highest BCUT2D eigenvalue weighted by Crippen LogP contribution is 2.40. The minimum atomic E-state index is -4.09. The molecule has 122 valence electrons. The van der Waals surface area contributed by atoms with Gasteiger partial charge in [0.2, 0.25) is 20.0 Å². The Bertz CT molecular complexity index is 782. The molecule has 0 amide bonds. The third-order valence-electron chi connectivity index (χ3n) is 3.00. The Kier molecular flexibility index (Phi) is 4.09. The van der Waals surface area contributed by atoms with Crippen LogP contribution < -0.4 is 8.45 Å². The maximum atomic E-state index is 11.8. The van der Waals surface area contributed by atoms with E-state index in [-0.39, 0.29) is 17.9 Å². The molecule has 0 saturated heterocycles. The fourth-order valence-electron chi connectivity index (χ4n) is 2.26. The molecule has 8 nitrogen and oxygen atoms in total. The molecule has 0 radical (unpaired) electrons. The molecular weight excluding hydrogens is 334 g/mol. The van der Waals surface area contributed by atoms with E-state index in [0.29, 0.717) is 9.27 Å². The van der Waals surface area contributed by atoms with Crippen LogP contribution in [0.15, 0.2) is 18.2 Å². The van der Waals surface area contributed by atoms with Crippen LogP contribution in [0.25, 0.3) is 0 Å². The summed E-state index contributed by atoms with van der Waals surface area (Å²) in [4.78, 5) is 11.6. The molecule has 10 heteroatoms. The summed E-state index contributed by atoms with van der Waals surface area (Å²) in [5, 5.41) is 0. The van der Waals surface area contributed by atoms with Crippen molar-refractivity contribution in [3.05, 3.63) is 23.8 Å². The zero-order valence-corrected chi connectivity index (χ0v) is 13.8. The number of esters is 1. The van der Waals surface area contributed by atoms with Crippen molar-refractivity contribution in [2.24, 2.45) is 0 Å². The van der Waals surface area contributed by atoms with Crippen molar-refractivity contribution in [2.75, 3.05) is 23.3 Å². The number of nitrogens with zero attached hydrogens (tertiary/aromatic N) is 1. The number of carbonyl (C=O) groups excluding carboxylic acids is 1. The van der Waals surface area contributed by atoms with E-state index in [0.717, 1.165) is 12.5 Å². The van der Waals surface area contributed by atoms with E-state index in [9.17, 15) is 21.6 Å². The van der Waals surface area contributed by atoms with E-state index in [1.165, 1.54) is 19.2 Å². The Labute approximate surface area is 128 Å². The van der Waals surface area contributed by atoms with Gasteiger partial charge in [0.05, 0.1) is 19.6 Å². The number of methoxy groups -OCH3 is 1. The summed E-state index contributed by atoms with van der Waals surface area (Å²) in [6, 6.07) is 4.44. The standard InChI is InChI=1S/C12H15NO7S2/c1-19-12(14)10-7-8-5-4-6-9(11(8)20-10)13(21(2,15)16)22(3,17)18/h4-6,10H,7H2,1-3H3/t10-/m1/s1. The van der Waals surface area contributed by atoms with Gasteiger partial charge in [-0.15, -0.1) is 0 Å². The third kappa shape index (κ3) is 3.02. The molecule has 0 N–H and O–H groups in total. The first-order valence-electron chi connectivity index (χ1n) is 6.12. The lowest BCUT2D eigenvalue weighted by molar-refractivity contribution is -0.147. The van der Waals surface area contributed by atoms with Gasteiger partial charge in [-0.2, -0.15) is 3.71 Å². The van der Waals surface area contributed by atoms with Crippen molar-refractivity contribution in [1.82, 2.24) is 0 Å². The molecule has 1 aliphatic heterocycles. The van der Waals surface area contributed by atoms with Crippen LogP contribution in [0.3, 0.4) is 0 Å². The maximum Gasteiger partial charge on any atom is 0.347 e. The minimum absolute atomic E-state index is 0.0498. The molecule has 22 heavy (non-hydrogen) atoms. The molecule has 0 aliphatic carbocycles. The summed E-state index contributed by atoms with van der Waals surface area (Å²) >= 11 is 0. The molecule has 0 spiro atoms. The second kappa shape index (κ2) is 5.43. The van der Waals surface area contributed by atoms with E-state index in [4.69, 9.17) is 4.74 Å². The molecule has 1 aliphatic rings. The first-order valence-corrected chi connectivity index (χ1v) is 9.82. The van der Waals surface area contributed by atoms with Crippen LogP contribution in [-0.4, -0.2) is 48.5 Å². The average molecular weight is 349 g/mol. The average Bonchev–Trinajstić information content (AvgIpc) is 2.79. The SMILES string of the molecule is COC(=O)[C@H]1Cc2cccc(N(S(C)(=O)=O)S(C)(=O)=O)c2O1. The number of rotatable bonds is 4. The number of benzene rings is 1. The van der Waals surface area contributed by atoms with Crippen molar-refractivity contribution in [3.63, 3.8) is 0 Å². The number of hydrogen-bond donors (Lipinski definition) is 0. The Morgan fingerprint density at radius 3 is 2.32 bits per heavy atom. The van der Waals surface area contributed by atoms with E-state index in [2.05, 4.69) is 4.74 Å². The minimum Gasteiger partial charge on any atom is -0.476 e. The van der Waals surface area contributed by atoms with Gasteiger partial charge in [-0.3, -0.25) is 0 Å². The Balaban J connectivity index is 2.57. The third-order valence-corrected chi connectivity index (χ3v) is 6.23. The van der Waals surface area contributed by atoms with Crippen LogP contribution >= 0.6 is 0 Å². The molecule has 0 saturated carbocycles. The van der Waals surface area contributed by atoms with Crippen LogP contribution in [0.2, 0.25) is 0 Å². The van der Waals surface area contributed by atoms with Crippen LogP contribution in [0.4, 0.5) is 5.69 Å². The van der Waals surface area contributed by atoms with Crippen LogP contribution in [0.1, 0.15) is 5.56 Å².